The monoisotopic (exact) mass is 821 g/mol. The van der Waals surface area contributed by atoms with Crippen LogP contribution in [0.15, 0.2) is 116 Å². The van der Waals surface area contributed by atoms with Gasteiger partial charge >= 0.3 is 0 Å². The smallest absolute Gasteiger partial charge is 0.0335 e. The number of nitrogens with zero attached hydrogens (tertiary/aromatic N) is 1. The molecule has 2 heterocycles. The largest absolute Gasteiger partial charge is 0.311 e. The van der Waals surface area contributed by atoms with E-state index in [4.69, 9.17) is 0 Å². The first kappa shape index (κ1) is 53.5. The highest BCUT2D eigenvalue weighted by atomic mass is 15.3. The summed E-state index contributed by atoms with van der Waals surface area (Å²) in [4.78, 5) is 2.75. The third-order valence-corrected chi connectivity index (χ3v) is 13.2. The van der Waals surface area contributed by atoms with Crippen LogP contribution in [0.25, 0.3) is 0 Å². The van der Waals surface area contributed by atoms with Crippen molar-refractivity contribution in [2.75, 3.05) is 26.2 Å². The maximum absolute atomic E-state index is 3.77. The Morgan fingerprint density at radius 1 is 0.367 bits per heavy atom. The van der Waals surface area contributed by atoms with Crippen LogP contribution in [0.1, 0.15) is 217 Å². The third-order valence-electron chi connectivity index (χ3n) is 13.2. The number of hydrogen-bond acceptors (Lipinski definition) is 2. The summed E-state index contributed by atoms with van der Waals surface area (Å²) in [5, 5.41) is 3.77. The molecule has 0 saturated carbocycles. The van der Waals surface area contributed by atoms with Crippen LogP contribution in [0.5, 0.6) is 0 Å². The van der Waals surface area contributed by atoms with Gasteiger partial charge in [0.1, 0.15) is 0 Å². The van der Waals surface area contributed by atoms with Gasteiger partial charge in [-0.3, -0.25) is 4.90 Å². The summed E-state index contributed by atoms with van der Waals surface area (Å²) in [6.45, 7) is 30.0. The standard InChI is InChI=1S/C58H96N2/c1-48(2)23-12-24-49(3)25-13-26-50(4)27-14-28-51(5)29-15-30-52(6)31-16-32-53(7)33-17-34-54(8)35-18-36-55(9)37-19-38-56(10)39-20-40-57(11)41-44-59-47-58-42-21-45-60(58)46-22-43-58/h23,25,27,29,31,33,35,37,39,41,59H,12-22,24,26,28,30,32,34,36,38,40,42-47H2,1-11H3/b49-25+,50-27+,51-29+,52-31+,53-33+,54-35+,55-37+,56-39+,57-41+. The van der Waals surface area contributed by atoms with Gasteiger partial charge in [-0.05, 0) is 231 Å². The lowest BCUT2D eigenvalue weighted by atomic mass is 9.94. The Morgan fingerprint density at radius 3 is 0.883 bits per heavy atom. The van der Waals surface area contributed by atoms with Crippen molar-refractivity contribution in [3.8, 4) is 0 Å². The second-order valence-corrected chi connectivity index (χ2v) is 19.6. The van der Waals surface area contributed by atoms with Crippen molar-refractivity contribution in [2.24, 2.45) is 0 Å². The molecule has 2 rings (SSSR count). The zero-order chi connectivity index (χ0) is 44.0. The summed E-state index contributed by atoms with van der Waals surface area (Å²) < 4.78 is 0. The molecule has 0 aliphatic carbocycles. The molecule has 60 heavy (non-hydrogen) atoms. The highest BCUT2D eigenvalue weighted by molar-refractivity contribution is 5.11. The van der Waals surface area contributed by atoms with Gasteiger partial charge in [-0.15, -0.1) is 0 Å². The molecule has 0 atom stereocenters. The molecule has 0 aromatic heterocycles. The second-order valence-electron chi connectivity index (χ2n) is 19.6. The van der Waals surface area contributed by atoms with Gasteiger partial charge in [-0.1, -0.05) is 116 Å². The fourth-order valence-electron chi connectivity index (χ4n) is 8.94. The Labute approximate surface area is 374 Å². The lowest BCUT2D eigenvalue weighted by Crippen LogP contribution is -2.46. The zero-order valence-corrected chi connectivity index (χ0v) is 41.6. The van der Waals surface area contributed by atoms with Crippen LogP contribution >= 0.6 is 0 Å². The number of nitrogens with one attached hydrogen (secondary N) is 1. The van der Waals surface area contributed by atoms with E-state index in [1.165, 1.54) is 178 Å². The second kappa shape index (κ2) is 32.1. The van der Waals surface area contributed by atoms with Crippen molar-refractivity contribution >= 4 is 0 Å². The minimum absolute atomic E-state index is 0.485. The maximum Gasteiger partial charge on any atom is 0.0335 e. The molecular formula is C58H96N2. The lowest BCUT2D eigenvalue weighted by molar-refractivity contribution is 0.192. The molecule has 0 spiro atoms. The molecule has 0 unspecified atom stereocenters. The van der Waals surface area contributed by atoms with Crippen LogP contribution in [0.4, 0.5) is 0 Å². The quantitative estimate of drug-likeness (QED) is 0.0554. The first-order valence-corrected chi connectivity index (χ1v) is 24.8. The van der Waals surface area contributed by atoms with Gasteiger partial charge in [-0.2, -0.15) is 0 Å². The van der Waals surface area contributed by atoms with Crippen LogP contribution in [-0.4, -0.2) is 36.6 Å². The van der Waals surface area contributed by atoms with Crippen molar-refractivity contribution in [2.45, 2.75) is 223 Å². The van der Waals surface area contributed by atoms with Crippen LogP contribution < -0.4 is 5.32 Å². The van der Waals surface area contributed by atoms with Gasteiger partial charge < -0.3 is 5.32 Å². The summed E-state index contributed by atoms with van der Waals surface area (Å²) in [6.07, 6.45) is 51.2. The van der Waals surface area contributed by atoms with Crippen LogP contribution in [-0.2, 0) is 0 Å². The van der Waals surface area contributed by atoms with E-state index < -0.39 is 0 Å². The van der Waals surface area contributed by atoms with Crippen molar-refractivity contribution in [1.29, 1.82) is 0 Å². The Hall–Kier alpha value is -2.68. The average Bonchev–Trinajstić information content (AvgIpc) is 3.77. The molecular weight excluding hydrogens is 725 g/mol. The Balaban J connectivity index is 1.52. The van der Waals surface area contributed by atoms with Gasteiger partial charge in [0.2, 0.25) is 0 Å². The van der Waals surface area contributed by atoms with E-state index in [9.17, 15) is 0 Å². The van der Waals surface area contributed by atoms with Gasteiger partial charge in [0, 0.05) is 18.6 Å². The minimum atomic E-state index is 0.485. The third kappa shape index (κ3) is 25.9. The summed E-state index contributed by atoms with van der Waals surface area (Å²) in [7, 11) is 0. The molecule has 2 aliphatic rings. The van der Waals surface area contributed by atoms with Gasteiger partial charge in [-0.25, -0.2) is 0 Å². The Kier molecular flexibility index (Phi) is 28.6. The van der Waals surface area contributed by atoms with Crippen LogP contribution in [0, 0.1) is 0 Å². The highest BCUT2D eigenvalue weighted by Crippen LogP contribution is 2.38. The molecule has 0 aromatic rings. The van der Waals surface area contributed by atoms with E-state index in [1.807, 2.05) is 0 Å². The predicted octanol–water partition coefficient (Wildman–Crippen LogP) is 17.7. The summed E-state index contributed by atoms with van der Waals surface area (Å²) >= 11 is 0. The van der Waals surface area contributed by atoms with E-state index in [0.717, 1.165) is 45.1 Å². The number of rotatable bonds is 31. The van der Waals surface area contributed by atoms with E-state index in [-0.39, 0.29) is 0 Å². The van der Waals surface area contributed by atoms with E-state index in [2.05, 4.69) is 147 Å². The summed E-state index contributed by atoms with van der Waals surface area (Å²) in [6, 6.07) is 0. The highest BCUT2D eigenvalue weighted by Gasteiger charge is 2.43. The molecule has 2 heteroatoms. The van der Waals surface area contributed by atoms with Crippen molar-refractivity contribution in [3.63, 3.8) is 0 Å². The topological polar surface area (TPSA) is 15.3 Å². The van der Waals surface area contributed by atoms with Crippen molar-refractivity contribution in [3.05, 3.63) is 116 Å². The molecule has 338 valence electrons. The Morgan fingerprint density at radius 2 is 0.617 bits per heavy atom. The van der Waals surface area contributed by atoms with E-state index in [0.29, 0.717) is 5.54 Å². The molecule has 0 aromatic carbocycles. The number of fused-ring (bicyclic) bond motifs is 1. The normalized spacial score (nSPS) is 17.9. The van der Waals surface area contributed by atoms with E-state index >= 15 is 0 Å². The van der Waals surface area contributed by atoms with Gasteiger partial charge in [0.15, 0.2) is 0 Å². The lowest BCUT2D eigenvalue weighted by Gasteiger charge is -2.32. The number of allylic oxidation sites excluding steroid dienone is 19. The molecule has 2 saturated heterocycles. The summed E-state index contributed by atoms with van der Waals surface area (Å²) in [5.74, 6) is 0. The van der Waals surface area contributed by atoms with Crippen molar-refractivity contribution < 1.29 is 0 Å². The summed E-state index contributed by atoms with van der Waals surface area (Å²) in [5.41, 5.74) is 15.7. The zero-order valence-electron chi connectivity index (χ0n) is 41.6. The molecule has 1 N–H and O–H groups in total. The maximum atomic E-state index is 3.77. The predicted molar refractivity (Wildman–Crippen MR) is 272 cm³/mol. The van der Waals surface area contributed by atoms with Crippen LogP contribution in [0.3, 0.4) is 0 Å². The first-order valence-electron chi connectivity index (χ1n) is 24.8. The molecule has 0 amide bonds. The fraction of sp³-hybridized carbons (Fsp3) is 0.655. The van der Waals surface area contributed by atoms with Gasteiger partial charge in [0.05, 0.1) is 0 Å². The van der Waals surface area contributed by atoms with Crippen molar-refractivity contribution in [1.82, 2.24) is 10.2 Å². The van der Waals surface area contributed by atoms with Gasteiger partial charge in [0.25, 0.3) is 0 Å². The number of hydrogen-bond donors (Lipinski definition) is 1. The minimum Gasteiger partial charge on any atom is -0.311 e. The molecule has 2 aliphatic heterocycles. The van der Waals surface area contributed by atoms with Crippen LogP contribution in [0.2, 0.25) is 0 Å². The SMILES string of the molecule is CC(C)=CCC/C(C)=C/CC/C(C)=C/CC/C(C)=C/CC/C(C)=C/CC/C(C)=C/CC/C(C)=C/CC/C(C)=C/CC/C(C)=C/CC/C(C)=C/CNCC12CCCN1CCC2. The molecule has 2 fully saturated rings. The molecule has 0 radical (unpaired) electrons. The first-order chi connectivity index (χ1) is 28.8. The van der Waals surface area contributed by atoms with E-state index in [1.54, 1.807) is 0 Å². The molecule has 0 bridgehead atoms. The fourth-order valence-corrected chi connectivity index (χ4v) is 8.94. The average molecular weight is 821 g/mol. The molecule has 2 nitrogen and oxygen atoms in total. The Bertz CT molecular complexity index is 1530.